The van der Waals surface area contributed by atoms with Crippen LogP contribution in [0.4, 0.5) is 0 Å². The molecule has 4 nitrogen and oxygen atoms in total. The van der Waals surface area contributed by atoms with Gasteiger partial charge in [0.2, 0.25) is 5.91 Å². The van der Waals surface area contributed by atoms with Gasteiger partial charge in [0.25, 0.3) is 0 Å². The summed E-state index contributed by atoms with van der Waals surface area (Å²) in [7, 11) is 0. The van der Waals surface area contributed by atoms with Crippen LogP contribution in [0.25, 0.3) is 0 Å². The number of pyridine rings is 1. The van der Waals surface area contributed by atoms with E-state index < -0.39 is 0 Å². The zero-order valence-corrected chi connectivity index (χ0v) is 14.8. The van der Waals surface area contributed by atoms with Crippen molar-refractivity contribution >= 4 is 5.91 Å². The molecule has 0 atom stereocenters. The number of carbonyl (C=O) groups is 1. The molecule has 0 radical (unpaired) electrons. The topological polar surface area (TPSA) is 51.2 Å². The molecule has 4 heteroatoms. The lowest BCUT2D eigenvalue weighted by Gasteiger charge is -2.38. The summed E-state index contributed by atoms with van der Waals surface area (Å²) in [6, 6.07) is 12.6. The molecule has 1 aliphatic heterocycles. The number of ether oxygens (including phenoxy) is 1. The predicted octanol–water partition coefficient (Wildman–Crippen LogP) is 3.19. The zero-order valence-electron chi connectivity index (χ0n) is 14.8. The predicted molar refractivity (Wildman–Crippen MR) is 98.5 cm³/mol. The molecule has 1 aromatic heterocycles. The maximum atomic E-state index is 12.3. The van der Waals surface area contributed by atoms with Gasteiger partial charge < -0.3 is 10.1 Å². The molecule has 1 aromatic carbocycles. The van der Waals surface area contributed by atoms with Gasteiger partial charge in [-0.15, -0.1) is 0 Å². The number of benzene rings is 1. The molecular weight excluding hydrogens is 312 g/mol. The summed E-state index contributed by atoms with van der Waals surface area (Å²) < 4.78 is 5.56. The van der Waals surface area contributed by atoms with Crippen LogP contribution in [0.3, 0.4) is 0 Å². The van der Waals surface area contributed by atoms with Crippen LogP contribution in [-0.4, -0.2) is 30.6 Å². The van der Waals surface area contributed by atoms with Gasteiger partial charge in [0.15, 0.2) is 0 Å². The second-order valence-electron chi connectivity index (χ2n) is 6.89. The van der Waals surface area contributed by atoms with E-state index >= 15 is 0 Å². The molecule has 0 aliphatic carbocycles. The minimum Gasteiger partial charge on any atom is -0.381 e. The second-order valence-corrected chi connectivity index (χ2v) is 6.89. The monoisotopic (exact) mass is 338 g/mol. The average Bonchev–Trinajstić information content (AvgIpc) is 2.67. The summed E-state index contributed by atoms with van der Waals surface area (Å²) in [5, 5.41) is 3.17. The van der Waals surface area contributed by atoms with E-state index in [9.17, 15) is 4.79 Å². The highest BCUT2D eigenvalue weighted by molar-refractivity contribution is 5.76. The van der Waals surface area contributed by atoms with Crippen LogP contribution in [0.5, 0.6) is 0 Å². The van der Waals surface area contributed by atoms with Gasteiger partial charge >= 0.3 is 0 Å². The summed E-state index contributed by atoms with van der Waals surface area (Å²) in [6.07, 6.45) is 6.67. The van der Waals surface area contributed by atoms with Crippen molar-refractivity contribution in [3.05, 3.63) is 65.5 Å². The van der Waals surface area contributed by atoms with Crippen LogP contribution in [0.1, 0.15) is 36.0 Å². The Morgan fingerprint density at radius 3 is 2.48 bits per heavy atom. The molecule has 1 fully saturated rings. The zero-order chi connectivity index (χ0) is 17.5. The summed E-state index contributed by atoms with van der Waals surface area (Å²) in [5.41, 5.74) is 3.69. The molecule has 3 rings (SSSR count). The molecule has 0 spiro atoms. The number of hydrogen-bond acceptors (Lipinski definition) is 3. The number of nitrogens with zero attached hydrogens (tertiary/aromatic N) is 1. The standard InChI is InChI=1S/C21H26N2O2/c1-17-2-5-19(6-3-17)21(10-14-25-15-11-21)16-23-20(24)7-4-18-8-12-22-13-9-18/h2-3,5-6,8-9,12-13H,4,7,10-11,14-16H2,1H3,(H,23,24). The molecule has 25 heavy (non-hydrogen) atoms. The molecule has 1 N–H and O–H groups in total. The third-order valence-corrected chi connectivity index (χ3v) is 5.13. The van der Waals surface area contributed by atoms with Gasteiger partial charge in [-0.1, -0.05) is 29.8 Å². The number of rotatable bonds is 6. The number of hydrogen-bond donors (Lipinski definition) is 1. The van der Waals surface area contributed by atoms with Crippen LogP contribution in [-0.2, 0) is 21.4 Å². The molecular formula is C21H26N2O2. The van der Waals surface area contributed by atoms with Crippen LogP contribution in [0, 0.1) is 6.92 Å². The Morgan fingerprint density at radius 2 is 1.80 bits per heavy atom. The number of nitrogens with one attached hydrogen (secondary N) is 1. The summed E-state index contributed by atoms with van der Waals surface area (Å²) in [5.74, 6) is 0.106. The van der Waals surface area contributed by atoms with Crippen molar-refractivity contribution in [1.29, 1.82) is 0 Å². The van der Waals surface area contributed by atoms with Crippen molar-refractivity contribution in [2.24, 2.45) is 0 Å². The van der Waals surface area contributed by atoms with Gasteiger partial charge in [-0.25, -0.2) is 0 Å². The number of amides is 1. The largest absolute Gasteiger partial charge is 0.381 e. The number of aromatic nitrogens is 1. The summed E-state index contributed by atoms with van der Waals surface area (Å²) in [6.45, 7) is 4.28. The van der Waals surface area contributed by atoms with Gasteiger partial charge in [-0.2, -0.15) is 0 Å². The molecule has 132 valence electrons. The Balaban J connectivity index is 1.61. The molecule has 1 aliphatic rings. The highest BCUT2D eigenvalue weighted by Gasteiger charge is 2.34. The molecule has 0 bridgehead atoms. The molecule has 0 unspecified atom stereocenters. The first kappa shape index (κ1) is 17.6. The lowest BCUT2D eigenvalue weighted by atomic mass is 9.74. The summed E-state index contributed by atoms with van der Waals surface area (Å²) in [4.78, 5) is 16.3. The van der Waals surface area contributed by atoms with E-state index in [0.717, 1.165) is 38.0 Å². The van der Waals surface area contributed by atoms with Crippen molar-refractivity contribution in [3.8, 4) is 0 Å². The minimum absolute atomic E-state index is 0.0156. The van der Waals surface area contributed by atoms with E-state index in [1.54, 1.807) is 12.4 Å². The molecule has 2 heterocycles. The Kier molecular flexibility index (Phi) is 5.82. The van der Waals surface area contributed by atoms with Gasteiger partial charge in [0.05, 0.1) is 0 Å². The molecule has 1 amide bonds. The smallest absolute Gasteiger partial charge is 0.220 e. The van der Waals surface area contributed by atoms with Gasteiger partial charge in [0.1, 0.15) is 0 Å². The van der Waals surface area contributed by atoms with E-state index in [4.69, 9.17) is 4.74 Å². The van der Waals surface area contributed by atoms with Gasteiger partial charge in [0, 0.05) is 44.0 Å². The third kappa shape index (κ3) is 4.67. The van der Waals surface area contributed by atoms with E-state index in [2.05, 4.69) is 41.5 Å². The van der Waals surface area contributed by atoms with Crippen LogP contribution in [0.15, 0.2) is 48.8 Å². The fraction of sp³-hybridized carbons (Fsp3) is 0.429. The van der Waals surface area contributed by atoms with E-state index in [-0.39, 0.29) is 11.3 Å². The minimum atomic E-state index is -0.0156. The van der Waals surface area contributed by atoms with E-state index in [1.165, 1.54) is 11.1 Å². The quantitative estimate of drug-likeness (QED) is 0.880. The number of aryl methyl sites for hydroxylation is 2. The first-order valence-corrected chi connectivity index (χ1v) is 8.98. The third-order valence-electron chi connectivity index (χ3n) is 5.13. The Bertz CT molecular complexity index is 677. The fourth-order valence-corrected chi connectivity index (χ4v) is 3.40. The lowest BCUT2D eigenvalue weighted by Crippen LogP contribution is -2.44. The Hall–Kier alpha value is -2.20. The SMILES string of the molecule is Cc1ccc(C2(CNC(=O)CCc3ccncc3)CCOCC2)cc1. The highest BCUT2D eigenvalue weighted by atomic mass is 16.5. The molecule has 2 aromatic rings. The van der Waals surface area contributed by atoms with Crippen molar-refractivity contribution in [1.82, 2.24) is 10.3 Å². The van der Waals surface area contributed by atoms with Crippen LogP contribution < -0.4 is 5.32 Å². The average molecular weight is 338 g/mol. The highest BCUT2D eigenvalue weighted by Crippen LogP contribution is 2.34. The normalized spacial score (nSPS) is 16.4. The second kappa shape index (κ2) is 8.26. The van der Waals surface area contributed by atoms with E-state index in [0.29, 0.717) is 13.0 Å². The van der Waals surface area contributed by atoms with Crippen LogP contribution in [0.2, 0.25) is 0 Å². The lowest BCUT2D eigenvalue weighted by molar-refractivity contribution is -0.121. The molecule has 1 saturated heterocycles. The Labute approximate surface area is 149 Å². The first-order valence-electron chi connectivity index (χ1n) is 8.98. The van der Waals surface area contributed by atoms with Crippen molar-refractivity contribution in [2.45, 2.75) is 38.0 Å². The fourth-order valence-electron chi connectivity index (χ4n) is 3.40. The maximum absolute atomic E-state index is 12.3. The van der Waals surface area contributed by atoms with Crippen molar-refractivity contribution in [3.63, 3.8) is 0 Å². The van der Waals surface area contributed by atoms with Gasteiger partial charge in [-0.3, -0.25) is 9.78 Å². The van der Waals surface area contributed by atoms with Gasteiger partial charge in [-0.05, 0) is 49.4 Å². The van der Waals surface area contributed by atoms with Crippen LogP contribution >= 0.6 is 0 Å². The first-order chi connectivity index (χ1) is 12.2. The maximum Gasteiger partial charge on any atom is 0.220 e. The number of carbonyl (C=O) groups excluding carboxylic acids is 1. The molecule has 0 saturated carbocycles. The van der Waals surface area contributed by atoms with E-state index in [1.807, 2.05) is 12.1 Å². The Morgan fingerprint density at radius 1 is 1.12 bits per heavy atom. The van der Waals surface area contributed by atoms with Crippen molar-refractivity contribution < 1.29 is 9.53 Å². The summed E-state index contributed by atoms with van der Waals surface area (Å²) >= 11 is 0. The van der Waals surface area contributed by atoms with Crippen molar-refractivity contribution in [2.75, 3.05) is 19.8 Å².